The van der Waals surface area contributed by atoms with Crippen LogP contribution in [0.25, 0.3) is 0 Å². The molecule has 7 nitrogen and oxygen atoms in total. The Morgan fingerprint density at radius 1 is 1.50 bits per heavy atom. The minimum atomic E-state index is -0.826. The van der Waals surface area contributed by atoms with Crippen LogP contribution in [0.4, 0.5) is 5.82 Å². The largest absolute Gasteiger partial charge is 0.383 e. The smallest absolute Gasteiger partial charge is 0.189 e. The summed E-state index contributed by atoms with van der Waals surface area (Å²) in [6.45, 7) is 1.82. The van der Waals surface area contributed by atoms with Crippen LogP contribution in [0, 0.1) is 5.92 Å². The maximum absolute atomic E-state index is 6.26. The van der Waals surface area contributed by atoms with Crippen LogP contribution < -0.4 is 22.1 Å². The van der Waals surface area contributed by atoms with Gasteiger partial charge in [0.15, 0.2) is 5.79 Å². The normalized spacial score (nSPS) is 33.1. The monoisotopic (exact) mass is 221 g/mol. The minimum Gasteiger partial charge on any atom is -0.383 e. The molecule has 0 bridgehead atoms. The fourth-order valence-corrected chi connectivity index (χ4v) is 2.29. The maximum Gasteiger partial charge on any atom is 0.189 e. The number of H-pyrrole nitrogens is 1. The van der Waals surface area contributed by atoms with E-state index in [1.165, 1.54) is 0 Å². The van der Waals surface area contributed by atoms with Crippen molar-refractivity contribution in [1.82, 2.24) is 15.5 Å². The predicted molar refractivity (Wildman–Crippen MR) is 60.8 cm³/mol. The van der Waals surface area contributed by atoms with Gasteiger partial charge in [0, 0.05) is 12.5 Å². The van der Waals surface area contributed by atoms with Crippen LogP contribution >= 0.6 is 0 Å². The fraction of sp³-hybridized carbons (Fsp3) is 0.556. The van der Waals surface area contributed by atoms with Gasteiger partial charge in [-0.15, -0.1) is 0 Å². The number of hydrogen-bond acceptors (Lipinski definition) is 6. The number of hydrogen-bond donors (Lipinski definition) is 5. The number of rotatable bonds is 1. The van der Waals surface area contributed by atoms with E-state index in [2.05, 4.69) is 25.8 Å². The third-order valence-corrected chi connectivity index (χ3v) is 3.23. The molecule has 0 aliphatic carbocycles. The molecule has 2 atom stereocenters. The van der Waals surface area contributed by atoms with Crippen molar-refractivity contribution in [2.45, 2.75) is 12.2 Å². The van der Waals surface area contributed by atoms with E-state index in [9.17, 15) is 0 Å². The highest BCUT2D eigenvalue weighted by Gasteiger charge is 2.40. The Bertz CT molecular complexity index is 431. The van der Waals surface area contributed by atoms with E-state index < -0.39 is 5.79 Å². The van der Waals surface area contributed by atoms with Crippen molar-refractivity contribution < 1.29 is 0 Å². The van der Waals surface area contributed by atoms with E-state index in [0.29, 0.717) is 5.84 Å². The molecule has 2 aliphatic heterocycles. The van der Waals surface area contributed by atoms with E-state index in [1.807, 2.05) is 0 Å². The summed E-state index contributed by atoms with van der Waals surface area (Å²) in [5.41, 5.74) is 12.9. The molecule has 2 aliphatic rings. The number of aromatic nitrogens is 2. The molecule has 0 spiro atoms. The first kappa shape index (κ1) is 9.61. The van der Waals surface area contributed by atoms with Crippen molar-refractivity contribution in [3.8, 4) is 0 Å². The van der Waals surface area contributed by atoms with Gasteiger partial charge < -0.3 is 16.4 Å². The highest BCUT2D eigenvalue weighted by atomic mass is 15.4. The summed E-state index contributed by atoms with van der Waals surface area (Å²) in [5, 5.41) is 13.2. The highest BCUT2D eigenvalue weighted by Crippen LogP contribution is 2.29. The van der Waals surface area contributed by atoms with E-state index in [0.717, 1.165) is 30.9 Å². The van der Waals surface area contributed by atoms with E-state index >= 15 is 0 Å². The van der Waals surface area contributed by atoms with Crippen molar-refractivity contribution in [2.75, 3.05) is 18.4 Å². The fourth-order valence-electron chi connectivity index (χ4n) is 2.29. The molecule has 3 heterocycles. The van der Waals surface area contributed by atoms with Gasteiger partial charge in [0.05, 0.1) is 11.8 Å². The Morgan fingerprint density at radius 3 is 3.12 bits per heavy atom. The summed E-state index contributed by atoms with van der Waals surface area (Å²) < 4.78 is 0. The van der Waals surface area contributed by atoms with Gasteiger partial charge in [-0.3, -0.25) is 10.8 Å². The van der Waals surface area contributed by atoms with Crippen LogP contribution in [-0.4, -0.2) is 34.9 Å². The number of fused-ring (bicyclic) bond motifs is 1. The molecule has 0 aromatic carbocycles. The molecule has 0 saturated carbocycles. The van der Waals surface area contributed by atoms with Gasteiger partial charge in [-0.25, -0.2) is 4.99 Å². The molecule has 86 valence electrons. The molecule has 1 aromatic rings. The van der Waals surface area contributed by atoms with Crippen molar-refractivity contribution in [1.29, 1.82) is 0 Å². The van der Waals surface area contributed by atoms with Gasteiger partial charge in [0.25, 0.3) is 0 Å². The van der Waals surface area contributed by atoms with Gasteiger partial charge in [0.2, 0.25) is 0 Å². The second-order valence-corrected chi connectivity index (χ2v) is 4.30. The molecule has 0 amide bonds. The predicted octanol–water partition coefficient (Wildman–Crippen LogP) is -1.24. The summed E-state index contributed by atoms with van der Waals surface area (Å²) in [6, 6.07) is 0. The Hall–Kier alpha value is -1.60. The first-order valence-corrected chi connectivity index (χ1v) is 5.36. The Kier molecular flexibility index (Phi) is 1.92. The third-order valence-electron chi connectivity index (χ3n) is 3.23. The molecular formula is C9H15N7. The molecule has 16 heavy (non-hydrogen) atoms. The van der Waals surface area contributed by atoms with Crippen molar-refractivity contribution >= 4 is 11.7 Å². The molecule has 1 saturated heterocycles. The molecular weight excluding hydrogens is 206 g/mol. The topological polar surface area (TPSA) is 117 Å². The molecule has 1 fully saturated rings. The van der Waals surface area contributed by atoms with Crippen LogP contribution in [-0.2, 0) is 0 Å². The second-order valence-electron chi connectivity index (χ2n) is 4.30. The van der Waals surface area contributed by atoms with Gasteiger partial charge >= 0.3 is 0 Å². The lowest BCUT2D eigenvalue weighted by molar-refractivity contribution is 0.338. The highest BCUT2D eigenvalue weighted by molar-refractivity contribution is 6.03. The van der Waals surface area contributed by atoms with Crippen LogP contribution in [0.2, 0.25) is 0 Å². The van der Waals surface area contributed by atoms with Gasteiger partial charge in [-0.05, 0) is 13.0 Å². The number of nitrogens with two attached hydrogens (primary N) is 2. The summed E-state index contributed by atoms with van der Waals surface area (Å²) in [4.78, 5) is 4.37. The summed E-state index contributed by atoms with van der Waals surface area (Å²) in [5.74, 6) is 0.605. The van der Waals surface area contributed by atoms with Crippen molar-refractivity contribution in [3.63, 3.8) is 0 Å². The summed E-state index contributed by atoms with van der Waals surface area (Å²) in [6.07, 6.45) is 2.64. The van der Waals surface area contributed by atoms with Crippen molar-refractivity contribution in [3.05, 3.63) is 11.8 Å². The van der Waals surface area contributed by atoms with Crippen LogP contribution in [0.1, 0.15) is 12.0 Å². The third kappa shape index (κ3) is 1.29. The van der Waals surface area contributed by atoms with Gasteiger partial charge in [-0.2, -0.15) is 5.10 Å². The van der Waals surface area contributed by atoms with Gasteiger partial charge in [0.1, 0.15) is 11.7 Å². The van der Waals surface area contributed by atoms with Crippen LogP contribution in [0.3, 0.4) is 0 Å². The second kappa shape index (κ2) is 3.19. The zero-order valence-electron chi connectivity index (χ0n) is 8.83. The standard InChI is InChI=1S/C9H15N7/c10-7-6-4-13-16-8(6)15-9(11,14-7)5-1-2-12-3-5/h4-5,12H,1-3,11H2,(H2,10,14)(H2,13,15,16). The zero-order chi connectivity index (χ0) is 11.2. The zero-order valence-corrected chi connectivity index (χ0v) is 8.83. The molecule has 7 heteroatoms. The lowest BCUT2D eigenvalue weighted by Crippen LogP contribution is -2.56. The van der Waals surface area contributed by atoms with E-state index in [4.69, 9.17) is 11.5 Å². The number of anilines is 1. The van der Waals surface area contributed by atoms with Crippen LogP contribution in [0.5, 0.6) is 0 Å². The number of nitrogens with zero attached hydrogens (tertiary/aromatic N) is 2. The number of nitrogens with one attached hydrogen (secondary N) is 3. The Labute approximate surface area is 92.7 Å². The molecule has 7 N–H and O–H groups in total. The SMILES string of the molecule is NC1=NC(N)(C2CCNC2)Nc2[nH]ncc21. The average Bonchev–Trinajstić information content (AvgIpc) is 2.86. The number of aliphatic imine (C=N–C) groups is 1. The lowest BCUT2D eigenvalue weighted by Gasteiger charge is -2.35. The molecule has 2 unspecified atom stereocenters. The summed E-state index contributed by atoms with van der Waals surface area (Å²) >= 11 is 0. The first-order chi connectivity index (χ1) is 7.69. The van der Waals surface area contributed by atoms with Crippen LogP contribution in [0.15, 0.2) is 11.2 Å². The minimum absolute atomic E-state index is 0.238. The lowest BCUT2D eigenvalue weighted by atomic mass is 9.98. The Balaban J connectivity index is 1.97. The number of aromatic amines is 1. The van der Waals surface area contributed by atoms with Gasteiger partial charge in [-0.1, -0.05) is 0 Å². The average molecular weight is 221 g/mol. The molecule has 1 aromatic heterocycles. The van der Waals surface area contributed by atoms with Crippen molar-refractivity contribution in [2.24, 2.45) is 22.4 Å². The first-order valence-electron chi connectivity index (χ1n) is 5.36. The molecule has 0 radical (unpaired) electrons. The quantitative estimate of drug-likeness (QED) is 0.407. The summed E-state index contributed by atoms with van der Waals surface area (Å²) in [7, 11) is 0. The molecule has 3 rings (SSSR count). The maximum atomic E-state index is 6.26. The number of amidine groups is 1. The van der Waals surface area contributed by atoms with E-state index in [1.54, 1.807) is 6.20 Å². The Morgan fingerprint density at radius 2 is 2.38 bits per heavy atom. The van der Waals surface area contributed by atoms with E-state index in [-0.39, 0.29) is 5.92 Å².